The van der Waals surface area contributed by atoms with Crippen LogP contribution in [-0.2, 0) is 10.0 Å². The fourth-order valence-corrected chi connectivity index (χ4v) is 5.19. The van der Waals surface area contributed by atoms with Crippen molar-refractivity contribution >= 4 is 27.3 Å². The van der Waals surface area contributed by atoms with Crippen molar-refractivity contribution in [2.75, 3.05) is 0 Å². The normalized spacial score (nSPS) is 20.6. The fraction of sp³-hybridized carbons (Fsp3) is 0.0556. The first-order valence-corrected chi connectivity index (χ1v) is 9.29. The fourth-order valence-electron chi connectivity index (χ4n) is 3.27. The molecule has 2 N–H and O–H groups in total. The zero-order chi connectivity index (χ0) is 17.8. The van der Waals surface area contributed by atoms with E-state index in [1.54, 1.807) is 42.5 Å². The number of allylic oxidation sites excluding steroid dienone is 2. The van der Waals surface area contributed by atoms with Gasteiger partial charge in [0.15, 0.2) is 0 Å². The van der Waals surface area contributed by atoms with E-state index in [9.17, 15) is 13.7 Å². The Morgan fingerprint density at radius 2 is 1.80 bits per heavy atom. The van der Waals surface area contributed by atoms with Crippen molar-refractivity contribution in [3.8, 4) is 6.07 Å². The molecule has 1 atom stereocenters. The molecule has 0 aliphatic carbocycles. The number of nitrogens with two attached hydrogens (primary N) is 1. The molecule has 2 aromatic carbocycles. The molecule has 2 heterocycles. The molecule has 7 heteroatoms. The highest BCUT2D eigenvalue weighted by atomic mass is 35.5. The van der Waals surface area contributed by atoms with Crippen LogP contribution >= 0.6 is 11.6 Å². The van der Waals surface area contributed by atoms with Crippen LogP contribution in [-0.4, -0.2) is 12.7 Å². The maximum absolute atomic E-state index is 12.8. The van der Waals surface area contributed by atoms with E-state index in [4.69, 9.17) is 17.3 Å². The third-order valence-corrected chi connectivity index (χ3v) is 6.52. The van der Waals surface area contributed by atoms with Gasteiger partial charge in [-0.05, 0) is 23.8 Å². The van der Waals surface area contributed by atoms with Gasteiger partial charge in [0.1, 0.15) is 5.82 Å². The second-order valence-corrected chi connectivity index (χ2v) is 7.89. The van der Waals surface area contributed by atoms with E-state index in [-0.39, 0.29) is 16.3 Å². The molecule has 0 amide bonds. The Morgan fingerprint density at radius 1 is 1.12 bits per heavy atom. The summed E-state index contributed by atoms with van der Waals surface area (Å²) in [5.74, 6) is -0.590. The van der Waals surface area contributed by atoms with Crippen LogP contribution in [0, 0.1) is 11.3 Å². The largest absolute Gasteiger partial charge is 0.383 e. The van der Waals surface area contributed by atoms with E-state index in [0.717, 1.165) is 4.31 Å². The molecular weight excluding hydrogens is 358 g/mol. The van der Waals surface area contributed by atoms with Crippen LogP contribution in [0.1, 0.15) is 17.0 Å². The lowest BCUT2D eigenvalue weighted by atomic mass is 9.87. The number of halogens is 1. The SMILES string of the molecule is N#CC1=C(N)N2C(=C[C@@H]1c1ccccc1Cl)c1ccccc1S2(=O)=O. The molecule has 0 aromatic heterocycles. The predicted octanol–water partition coefficient (Wildman–Crippen LogP) is 3.18. The minimum atomic E-state index is -3.82. The lowest BCUT2D eigenvalue weighted by Crippen LogP contribution is -2.32. The molecule has 2 aliphatic heterocycles. The Kier molecular flexibility index (Phi) is 3.39. The summed E-state index contributed by atoms with van der Waals surface area (Å²) in [6, 6.07) is 15.9. The molecule has 0 spiro atoms. The van der Waals surface area contributed by atoms with Gasteiger partial charge in [0, 0.05) is 16.5 Å². The number of hydrogen-bond acceptors (Lipinski definition) is 4. The number of fused-ring (bicyclic) bond motifs is 3. The molecule has 0 unspecified atom stereocenters. The van der Waals surface area contributed by atoms with Crippen molar-refractivity contribution in [3.63, 3.8) is 0 Å². The maximum atomic E-state index is 12.8. The van der Waals surface area contributed by atoms with Crippen molar-refractivity contribution in [2.24, 2.45) is 5.73 Å². The minimum Gasteiger partial charge on any atom is -0.383 e. The summed E-state index contributed by atoms with van der Waals surface area (Å²) in [6.07, 6.45) is 1.74. The molecule has 0 bridgehead atoms. The van der Waals surface area contributed by atoms with Gasteiger partial charge in [-0.1, -0.05) is 48.0 Å². The van der Waals surface area contributed by atoms with Gasteiger partial charge in [-0.2, -0.15) is 5.26 Å². The first-order valence-electron chi connectivity index (χ1n) is 7.47. The summed E-state index contributed by atoms with van der Waals surface area (Å²) in [5.41, 5.74) is 8.02. The van der Waals surface area contributed by atoms with Gasteiger partial charge in [0.25, 0.3) is 10.0 Å². The van der Waals surface area contributed by atoms with E-state index in [1.807, 2.05) is 6.07 Å². The van der Waals surface area contributed by atoms with Gasteiger partial charge in [-0.15, -0.1) is 0 Å². The van der Waals surface area contributed by atoms with Crippen LogP contribution in [0.3, 0.4) is 0 Å². The lowest BCUT2D eigenvalue weighted by Gasteiger charge is -2.28. The topological polar surface area (TPSA) is 87.2 Å². The Labute approximate surface area is 150 Å². The summed E-state index contributed by atoms with van der Waals surface area (Å²) in [5, 5.41) is 10.1. The van der Waals surface area contributed by atoms with E-state index < -0.39 is 15.9 Å². The number of nitriles is 1. The summed E-state index contributed by atoms with van der Waals surface area (Å²) in [4.78, 5) is 0.182. The van der Waals surface area contributed by atoms with E-state index in [0.29, 0.717) is 21.8 Å². The number of sulfonamides is 1. The highest BCUT2D eigenvalue weighted by Gasteiger charge is 2.44. The molecule has 0 fully saturated rings. The minimum absolute atomic E-state index is 0.0823. The highest BCUT2D eigenvalue weighted by Crippen LogP contribution is 2.47. The molecule has 0 saturated heterocycles. The Morgan fingerprint density at radius 3 is 2.52 bits per heavy atom. The Balaban J connectivity index is 2.02. The van der Waals surface area contributed by atoms with Crippen LogP contribution in [0.2, 0.25) is 5.02 Å². The van der Waals surface area contributed by atoms with Crippen molar-refractivity contribution in [1.82, 2.24) is 4.31 Å². The van der Waals surface area contributed by atoms with Crippen LogP contribution in [0.25, 0.3) is 5.70 Å². The number of hydrogen-bond donors (Lipinski definition) is 1. The quantitative estimate of drug-likeness (QED) is 0.836. The summed E-state index contributed by atoms with van der Waals surface area (Å²) in [6.45, 7) is 0. The average molecular weight is 370 g/mol. The highest BCUT2D eigenvalue weighted by molar-refractivity contribution is 7.90. The standard InChI is InChI=1S/C18H12ClN3O2S/c19-15-7-3-1-5-11(15)13-9-16-12-6-2-4-8-17(12)25(23,24)22(16)18(21)14(13)10-20/h1-9,13H,21H2/t13-/m1/s1. The lowest BCUT2D eigenvalue weighted by molar-refractivity contribution is 0.549. The number of nitrogens with zero attached hydrogens (tertiary/aromatic N) is 2. The molecule has 25 heavy (non-hydrogen) atoms. The monoisotopic (exact) mass is 369 g/mol. The van der Waals surface area contributed by atoms with E-state index in [1.165, 1.54) is 6.07 Å². The second kappa shape index (κ2) is 5.38. The van der Waals surface area contributed by atoms with Crippen molar-refractivity contribution < 1.29 is 8.42 Å². The van der Waals surface area contributed by atoms with Gasteiger partial charge in [0.2, 0.25) is 0 Å². The zero-order valence-corrected chi connectivity index (χ0v) is 14.4. The van der Waals surface area contributed by atoms with Crippen molar-refractivity contribution in [3.05, 3.63) is 82.2 Å². The first kappa shape index (κ1) is 15.8. The molecule has 0 saturated carbocycles. The van der Waals surface area contributed by atoms with Crippen LogP contribution in [0.4, 0.5) is 0 Å². The number of rotatable bonds is 1. The third kappa shape index (κ3) is 2.10. The second-order valence-electron chi connectivity index (χ2n) is 5.73. The van der Waals surface area contributed by atoms with E-state index >= 15 is 0 Å². The van der Waals surface area contributed by atoms with Crippen LogP contribution in [0.15, 0.2) is 70.9 Å². The molecule has 2 aliphatic rings. The van der Waals surface area contributed by atoms with Crippen molar-refractivity contribution in [2.45, 2.75) is 10.8 Å². The third-order valence-electron chi connectivity index (χ3n) is 4.39. The summed E-state index contributed by atoms with van der Waals surface area (Å²) < 4.78 is 26.7. The summed E-state index contributed by atoms with van der Waals surface area (Å²) in [7, 11) is -3.82. The summed E-state index contributed by atoms with van der Waals surface area (Å²) >= 11 is 6.29. The molecule has 4 rings (SSSR count). The Bertz CT molecular complexity index is 1110. The first-order chi connectivity index (χ1) is 12.0. The van der Waals surface area contributed by atoms with Gasteiger partial charge >= 0.3 is 0 Å². The molecular formula is C18H12ClN3O2S. The van der Waals surface area contributed by atoms with Crippen LogP contribution in [0.5, 0.6) is 0 Å². The van der Waals surface area contributed by atoms with Gasteiger partial charge in [-0.25, -0.2) is 12.7 Å². The molecule has 124 valence electrons. The average Bonchev–Trinajstić information content (AvgIpc) is 2.83. The molecule has 2 aromatic rings. The molecule has 5 nitrogen and oxygen atoms in total. The van der Waals surface area contributed by atoms with E-state index in [2.05, 4.69) is 6.07 Å². The number of benzene rings is 2. The van der Waals surface area contributed by atoms with Gasteiger partial charge < -0.3 is 5.73 Å². The van der Waals surface area contributed by atoms with Crippen LogP contribution < -0.4 is 5.73 Å². The smallest absolute Gasteiger partial charge is 0.270 e. The predicted molar refractivity (Wildman–Crippen MR) is 94.5 cm³/mol. The molecule has 0 radical (unpaired) electrons. The Hall–Kier alpha value is -2.75. The van der Waals surface area contributed by atoms with Crippen molar-refractivity contribution in [1.29, 1.82) is 5.26 Å². The van der Waals surface area contributed by atoms with Gasteiger partial charge in [-0.3, -0.25) is 0 Å². The zero-order valence-electron chi connectivity index (χ0n) is 12.8. The van der Waals surface area contributed by atoms with Gasteiger partial charge in [0.05, 0.1) is 22.2 Å². The maximum Gasteiger partial charge on any atom is 0.270 e.